The third kappa shape index (κ3) is 2.64. The van der Waals surface area contributed by atoms with Crippen LogP contribution < -0.4 is 5.32 Å². The van der Waals surface area contributed by atoms with E-state index in [9.17, 15) is 9.18 Å². The summed E-state index contributed by atoms with van der Waals surface area (Å²) in [6.07, 6.45) is 4.86. The Morgan fingerprint density at radius 2 is 2.20 bits per heavy atom. The highest BCUT2D eigenvalue weighted by atomic mass is 19.1. The second kappa shape index (κ2) is 5.08. The van der Waals surface area contributed by atoms with Gasteiger partial charge in [0.15, 0.2) is 0 Å². The number of halogens is 1. The standard InChI is InChI=1S/C14H11FN4O/c15-10-4-5-12(16-8-10)18-14(20)7-11-9-19-6-2-1-3-13(19)17-11/h1-6,8-9H,7H2,(H,16,18,20). The first-order chi connectivity index (χ1) is 9.70. The van der Waals surface area contributed by atoms with E-state index in [1.54, 1.807) is 6.20 Å². The lowest BCUT2D eigenvalue weighted by molar-refractivity contribution is -0.115. The molecule has 3 heterocycles. The van der Waals surface area contributed by atoms with Crippen LogP contribution >= 0.6 is 0 Å². The topological polar surface area (TPSA) is 59.3 Å². The second-order valence-corrected chi connectivity index (χ2v) is 4.28. The van der Waals surface area contributed by atoms with Crippen LogP contribution in [0.1, 0.15) is 5.69 Å². The van der Waals surface area contributed by atoms with Gasteiger partial charge in [-0.15, -0.1) is 0 Å². The molecule has 0 unspecified atom stereocenters. The Kier molecular flexibility index (Phi) is 3.12. The molecular formula is C14H11FN4O. The summed E-state index contributed by atoms with van der Waals surface area (Å²) in [6, 6.07) is 8.29. The minimum Gasteiger partial charge on any atom is -0.310 e. The first-order valence-electron chi connectivity index (χ1n) is 6.05. The average molecular weight is 270 g/mol. The lowest BCUT2D eigenvalue weighted by Crippen LogP contribution is -2.15. The van der Waals surface area contributed by atoms with E-state index < -0.39 is 5.82 Å². The molecule has 0 aliphatic heterocycles. The monoisotopic (exact) mass is 270 g/mol. The van der Waals surface area contributed by atoms with E-state index in [1.165, 1.54) is 12.1 Å². The van der Waals surface area contributed by atoms with Crippen molar-refractivity contribution in [1.29, 1.82) is 0 Å². The van der Waals surface area contributed by atoms with Gasteiger partial charge in [-0.05, 0) is 24.3 Å². The van der Waals surface area contributed by atoms with E-state index >= 15 is 0 Å². The van der Waals surface area contributed by atoms with Crippen molar-refractivity contribution in [2.75, 3.05) is 5.32 Å². The number of fused-ring (bicyclic) bond motifs is 1. The molecule has 3 aromatic rings. The maximum Gasteiger partial charge on any atom is 0.231 e. The Bertz CT molecular complexity index is 718. The molecule has 0 saturated heterocycles. The third-order valence-corrected chi connectivity index (χ3v) is 2.75. The number of carbonyl (C=O) groups excluding carboxylic acids is 1. The number of hydrogen-bond donors (Lipinski definition) is 1. The number of anilines is 1. The van der Waals surface area contributed by atoms with Crippen LogP contribution in [0.4, 0.5) is 10.2 Å². The minimum atomic E-state index is -0.441. The molecule has 0 spiro atoms. The highest BCUT2D eigenvalue weighted by molar-refractivity contribution is 5.91. The van der Waals surface area contributed by atoms with Gasteiger partial charge in [0.2, 0.25) is 5.91 Å². The first-order valence-corrected chi connectivity index (χ1v) is 6.05. The van der Waals surface area contributed by atoms with Gasteiger partial charge in [0, 0.05) is 12.4 Å². The van der Waals surface area contributed by atoms with Crippen molar-refractivity contribution in [3.05, 3.63) is 60.4 Å². The van der Waals surface area contributed by atoms with Crippen LogP contribution in [0.2, 0.25) is 0 Å². The summed E-state index contributed by atoms with van der Waals surface area (Å²) in [5.74, 6) is -0.365. The van der Waals surface area contributed by atoms with Gasteiger partial charge in [-0.3, -0.25) is 4.79 Å². The zero-order valence-electron chi connectivity index (χ0n) is 10.5. The van der Waals surface area contributed by atoms with Crippen molar-refractivity contribution < 1.29 is 9.18 Å². The van der Waals surface area contributed by atoms with Gasteiger partial charge < -0.3 is 9.72 Å². The molecule has 0 fully saturated rings. The summed E-state index contributed by atoms with van der Waals surface area (Å²) in [6.45, 7) is 0. The highest BCUT2D eigenvalue weighted by Gasteiger charge is 2.08. The van der Waals surface area contributed by atoms with Crippen molar-refractivity contribution in [3.8, 4) is 0 Å². The summed E-state index contributed by atoms with van der Waals surface area (Å²) < 4.78 is 14.5. The molecule has 0 radical (unpaired) electrons. The van der Waals surface area contributed by atoms with Crippen molar-refractivity contribution in [1.82, 2.24) is 14.4 Å². The van der Waals surface area contributed by atoms with Gasteiger partial charge in [-0.2, -0.15) is 0 Å². The Morgan fingerprint density at radius 1 is 1.30 bits per heavy atom. The van der Waals surface area contributed by atoms with E-state index in [4.69, 9.17) is 0 Å². The zero-order chi connectivity index (χ0) is 13.9. The fourth-order valence-electron chi connectivity index (χ4n) is 1.87. The third-order valence-electron chi connectivity index (χ3n) is 2.75. The quantitative estimate of drug-likeness (QED) is 0.792. The van der Waals surface area contributed by atoms with E-state index in [1.807, 2.05) is 28.8 Å². The van der Waals surface area contributed by atoms with Gasteiger partial charge in [-0.1, -0.05) is 6.07 Å². The Morgan fingerprint density at radius 3 is 2.95 bits per heavy atom. The molecule has 5 nitrogen and oxygen atoms in total. The normalized spacial score (nSPS) is 10.7. The number of nitrogens with one attached hydrogen (secondary N) is 1. The summed E-state index contributed by atoms with van der Waals surface area (Å²) >= 11 is 0. The van der Waals surface area contributed by atoms with Gasteiger partial charge in [0.25, 0.3) is 0 Å². The van der Waals surface area contributed by atoms with Gasteiger partial charge >= 0.3 is 0 Å². The largest absolute Gasteiger partial charge is 0.310 e. The molecule has 0 aliphatic rings. The van der Waals surface area contributed by atoms with Gasteiger partial charge in [0.1, 0.15) is 17.3 Å². The summed E-state index contributed by atoms with van der Waals surface area (Å²) in [4.78, 5) is 19.9. The number of imidazole rings is 1. The predicted molar refractivity (Wildman–Crippen MR) is 71.7 cm³/mol. The van der Waals surface area contributed by atoms with Gasteiger partial charge in [0.05, 0.1) is 18.3 Å². The number of nitrogens with zero attached hydrogens (tertiary/aromatic N) is 3. The molecular weight excluding hydrogens is 259 g/mol. The number of rotatable bonds is 3. The average Bonchev–Trinajstić information content (AvgIpc) is 2.83. The lowest BCUT2D eigenvalue weighted by Gasteiger charge is -2.02. The van der Waals surface area contributed by atoms with Crippen LogP contribution in [0.15, 0.2) is 48.9 Å². The molecule has 0 bridgehead atoms. The fourth-order valence-corrected chi connectivity index (χ4v) is 1.87. The molecule has 3 rings (SSSR count). The molecule has 100 valence electrons. The van der Waals surface area contributed by atoms with Crippen molar-refractivity contribution in [2.24, 2.45) is 0 Å². The molecule has 1 amide bonds. The fraction of sp³-hybridized carbons (Fsp3) is 0.0714. The molecule has 20 heavy (non-hydrogen) atoms. The van der Waals surface area contributed by atoms with Crippen LogP contribution in [0.3, 0.4) is 0 Å². The van der Waals surface area contributed by atoms with Crippen LogP contribution in [-0.4, -0.2) is 20.3 Å². The summed E-state index contributed by atoms with van der Waals surface area (Å²) in [5, 5.41) is 2.60. The molecule has 0 saturated carbocycles. The number of hydrogen-bond acceptors (Lipinski definition) is 3. The molecule has 1 N–H and O–H groups in total. The maximum atomic E-state index is 12.7. The summed E-state index contributed by atoms with van der Waals surface area (Å²) in [7, 11) is 0. The molecule has 3 aromatic heterocycles. The molecule has 0 atom stereocenters. The second-order valence-electron chi connectivity index (χ2n) is 4.28. The Balaban J connectivity index is 1.70. The van der Waals surface area contributed by atoms with Crippen LogP contribution in [0.5, 0.6) is 0 Å². The van der Waals surface area contributed by atoms with Gasteiger partial charge in [-0.25, -0.2) is 14.4 Å². The Labute approximate surface area is 114 Å². The molecule has 6 heteroatoms. The first kappa shape index (κ1) is 12.3. The Hall–Kier alpha value is -2.76. The van der Waals surface area contributed by atoms with Crippen molar-refractivity contribution in [3.63, 3.8) is 0 Å². The number of pyridine rings is 2. The lowest BCUT2D eigenvalue weighted by atomic mass is 10.3. The summed E-state index contributed by atoms with van der Waals surface area (Å²) in [5.41, 5.74) is 1.45. The van der Waals surface area contributed by atoms with Crippen LogP contribution in [0.25, 0.3) is 5.65 Å². The smallest absolute Gasteiger partial charge is 0.231 e. The van der Waals surface area contributed by atoms with Crippen LogP contribution in [0, 0.1) is 5.82 Å². The number of carbonyl (C=O) groups is 1. The molecule has 0 aromatic carbocycles. The highest BCUT2D eigenvalue weighted by Crippen LogP contribution is 2.07. The van der Waals surface area contributed by atoms with Crippen LogP contribution in [-0.2, 0) is 11.2 Å². The van der Waals surface area contributed by atoms with E-state index in [2.05, 4.69) is 15.3 Å². The zero-order valence-corrected chi connectivity index (χ0v) is 10.5. The van der Waals surface area contributed by atoms with E-state index in [-0.39, 0.29) is 12.3 Å². The van der Waals surface area contributed by atoms with E-state index in [0.717, 1.165) is 11.8 Å². The number of aromatic nitrogens is 3. The van der Waals surface area contributed by atoms with Crippen molar-refractivity contribution >= 4 is 17.4 Å². The minimum absolute atomic E-state index is 0.140. The predicted octanol–water partition coefficient (Wildman–Crippen LogP) is 2.05. The number of amides is 1. The maximum absolute atomic E-state index is 12.7. The SMILES string of the molecule is O=C(Cc1cn2ccccc2n1)Nc1ccc(F)cn1. The van der Waals surface area contributed by atoms with E-state index in [0.29, 0.717) is 11.5 Å². The van der Waals surface area contributed by atoms with Crippen molar-refractivity contribution in [2.45, 2.75) is 6.42 Å². The molecule has 0 aliphatic carbocycles.